The van der Waals surface area contributed by atoms with Crippen molar-refractivity contribution in [2.24, 2.45) is 0 Å². The van der Waals surface area contributed by atoms with Gasteiger partial charge in [-0.25, -0.2) is 13.8 Å². The molecule has 2 heterocycles. The summed E-state index contributed by atoms with van der Waals surface area (Å²) in [5, 5.41) is 0.898. The highest BCUT2D eigenvalue weighted by atomic mass is 32.2. The van der Waals surface area contributed by atoms with Gasteiger partial charge >= 0.3 is 0 Å². The Kier molecular flexibility index (Phi) is 4.59. The second kappa shape index (κ2) is 6.62. The first-order chi connectivity index (χ1) is 10.6. The highest BCUT2D eigenvalue weighted by Gasteiger charge is 2.15. The van der Waals surface area contributed by atoms with Crippen molar-refractivity contribution in [2.45, 2.75) is 16.9 Å². The van der Waals surface area contributed by atoms with Gasteiger partial charge in [0.1, 0.15) is 11.6 Å². The molecule has 1 aromatic carbocycles. The largest absolute Gasteiger partial charge is 0.321 e. The van der Waals surface area contributed by atoms with Gasteiger partial charge in [0.15, 0.2) is 5.13 Å². The summed E-state index contributed by atoms with van der Waals surface area (Å²) in [5.41, 5.74) is 1.01. The molecule has 0 radical (unpaired) electrons. The van der Waals surface area contributed by atoms with Crippen LogP contribution in [-0.4, -0.2) is 11.5 Å². The topological polar surface area (TPSA) is 16.1 Å². The Labute approximate surface area is 136 Å². The number of hydrogen-bond donors (Lipinski definition) is 0. The number of aromatic nitrogens is 1. The van der Waals surface area contributed by atoms with Crippen LogP contribution in [0.2, 0.25) is 0 Å². The van der Waals surface area contributed by atoms with E-state index in [2.05, 4.69) is 11.1 Å². The van der Waals surface area contributed by atoms with Gasteiger partial charge in [-0.1, -0.05) is 29.6 Å². The van der Waals surface area contributed by atoms with Gasteiger partial charge in [0.25, 0.3) is 0 Å². The number of hydrogen-bond acceptors (Lipinski definition) is 4. The molecule has 2 aromatic rings. The van der Waals surface area contributed by atoms with Crippen molar-refractivity contribution in [3.63, 3.8) is 0 Å². The molecule has 0 spiro atoms. The van der Waals surface area contributed by atoms with Gasteiger partial charge in [-0.2, -0.15) is 0 Å². The summed E-state index contributed by atoms with van der Waals surface area (Å²) < 4.78 is 28.3. The maximum atomic E-state index is 13.7. The number of allylic oxidation sites excluding steroid dienone is 2. The van der Waals surface area contributed by atoms with Crippen LogP contribution in [0.25, 0.3) is 0 Å². The molecule has 0 saturated heterocycles. The van der Waals surface area contributed by atoms with Gasteiger partial charge in [-0.3, -0.25) is 0 Å². The van der Waals surface area contributed by atoms with E-state index in [4.69, 9.17) is 0 Å². The number of benzene rings is 1. The van der Waals surface area contributed by atoms with Gasteiger partial charge in [-0.15, -0.1) is 11.8 Å². The molecule has 3 rings (SSSR count). The molecule has 6 heteroatoms. The molecule has 0 bridgehead atoms. The first kappa shape index (κ1) is 15.2. The quantitative estimate of drug-likeness (QED) is 0.738. The van der Waals surface area contributed by atoms with Crippen molar-refractivity contribution < 1.29 is 8.78 Å². The summed E-state index contributed by atoms with van der Waals surface area (Å²) in [6.07, 6.45) is 7.98. The molecule has 0 N–H and O–H groups in total. The van der Waals surface area contributed by atoms with Gasteiger partial charge in [0.2, 0.25) is 0 Å². The maximum Gasteiger partial charge on any atom is 0.190 e. The second-order valence-electron chi connectivity index (χ2n) is 4.78. The van der Waals surface area contributed by atoms with E-state index in [1.165, 1.54) is 30.0 Å². The van der Waals surface area contributed by atoms with Crippen molar-refractivity contribution >= 4 is 28.2 Å². The highest BCUT2D eigenvalue weighted by molar-refractivity contribution is 8.00. The van der Waals surface area contributed by atoms with Crippen LogP contribution in [-0.2, 0) is 5.75 Å². The summed E-state index contributed by atoms with van der Waals surface area (Å²) in [6, 6.07) is 3.95. The Morgan fingerprint density at radius 2 is 2.05 bits per heavy atom. The molecule has 0 aliphatic carbocycles. The predicted molar refractivity (Wildman–Crippen MR) is 88.4 cm³/mol. The van der Waals surface area contributed by atoms with Crippen LogP contribution in [0.15, 0.2) is 46.8 Å². The molecule has 114 valence electrons. The van der Waals surface area contributed by atoms with E-state index in [1.54, 1.807) is 11.3 Å². The minimum Gasteiger partial charge on any atom is -0.321 e. The van der Waals surface area contributed by atoms with E-state index in [0.29, 0.717) is 0 Å². The molecule has 0 amide bonds. The lowest BCUT2D eigenvalue weighted by atomic mass is 10.2. The lowest BCUT2D eigenvalue weighted by molar-refractivity contribution is 0.566. The monoisotopic (exact) mass is 336 g/mol. The molecule has 0 unspecified atom stereocenters. The number of halogens is 2. The van der Waals surface area contributed by atoms with Gasteiger partial charge < -0.3 is 4.90 Å². The molecule has 0 saturated carbocycles. The first-order valence-electron chi connectivity index (χ1n) is 6.78. The van der Waals surface area contributed by atoms with Gasteiger partial charge in [-0.05, 0) is 25.1 Å². The van der Waals surface area contributed by atoms with Crippen LogP contribution >= 0.6 is 23.1 Å². The number of rotatable bonds is 4. The summed E-state index contributed by atoms with van der Waals surface area (Å²) in [4.78, 5) is 6.59. The Hall–Kier alpha value is -1.66. The molecule has 22 heavy (non-hydrogen) atoms. The normalized spacial score (nSPS) is 13.9. The molecule has 0 atom stereocenters. The summed E-state index contributed by atoms with van der Waals surface area (Å²) in [6.45, 7) is 2.71. The first-order valence-corrected chi connectivity index (χ1v) is 8.58. The van der Waals surface area contributed by atoms with Crippen molar-refractivity contribution in [2.75, 3.05) is 11.4 Å². The molecular formula is C16H14F2N2S2. The fourth-order valence-corrected chi connectivity index (χ4v) is 4.28. The zero-order valence-corrected chi connectivity index (χ0v) is 13.6. The summed E-state index contributed by atoms with van der Waals surface area (Å²) >= 11 is 2.97. The molecule has 0 fully saturated rings. The van der Waals surface area contributed by atoms with E-state index < -0.39 is 11.6 Å². The van der Waals surface area contributed by atoms with Crippen molar-refractivity contribution in [1.82, 2.24) is 4.98 Å². The lowest BCUT2D eigenvalue weighted by Gasteiger charge is -2.16. The SMILES string of the molecule is Cc1nc(N2C=CC=CC2)sc1SCc1c(F)cccc1F. The van der Waals surface area contributed by atoms with Crippen molar-refractivity contribution in [1.29, 1.82) is 0 Å². The third kappa shape index (κ3) is 3.23. The van der Waals surface area contributed by atoms with Gasteiger partial charge in [0.05, 0.1) is 9.90 Å². The summed E-state index contributed by atoms with van der Waals surface area (Å²) in [5.74, 6) is -0.741. The van der Waals surface area contributed by atoms with Crippen LogP contribution < -0.4 is 4.90 Å². The Morgan fingerprint density at radius 3 is 2.73 bits per heavy atom. The number of nitrogens with zero attached hydrogens (tertiary/aromatic N) is 2. The van der Waals surface area contributed by atoms with E-state index in [9.17, 15) is 8.78 Å². The van der Waals surface area contributed by atoms with E-state index >= 15 is 0 Å². The van der Waals surface area contributed by atoms with Crippen LogP contribution in [0.4, 0.5) is 13.9 Å². The number of anilines is 1. The fraction of sp³-hybridized carbons (Fsp3) is 0.188. The lowest BCUT2D eigenvalue weighted by Crippen LogP contribution is -2.16. The predicted octanol–water partition coefficient (Wildman–Crippen LogP) is 4.91. The van der Waals surface area contributed by atoms with Crippen LogP contribution in [0.3, 0.4) is 0 Å². The van der Waals surface area contributed by atoms with Crippen LogP contribution in [0, 0.1) is 18.6 Å². The van der Waals surface area contributed by atoms with Crippen molar-refractivity contribution in [3.05, 3.63) is 65.5 Å². The molecule has 1 aliphatic heterocycles. The number of thiazole rings is 1. The second-order valence-corrected chi connectivity index (χ2v) is 7.00. The highest BCUT2D eigenvalue weighted by Crippen LogP contribution is 2.36. The van der Waals surface area contributed by atoms with Crippen LogP contribution in [0.5, 0.6) is 0 Å². The van der Waals surface area contributed by atoms with Gasteiger partial charge in [0, 0.05) is 24.1 Å². The van der Waals surface area contributed by atoms with Crippen molar-refractivity contribution in [3.8, 4) is 0 Å². The molecule has 1 aliphatic rings. The standard InChI is InChI=1S/C16H14F2N2S2/c1-11-15(21-10-12-13(17)6-5-7-14(12)18)22-16(19-11)20-8-3-2-4-9-20/h2-8H,9-10H2,1H3. The summed E-state index contributed by atoms with van der Waals surface area (Å²) in [7, 11) is 0. The Bertz CT molecular complexity index is 717. The fourth-order valence-electron chi connectivity index (χ4n) is 2.04. The van der Waals surface area contributed by atoms with Crippen LogP contribution in [0.1, 0.15) is 11.3 Å². The smallest absolute Gasteiger partial charge is 0.190 e. The average molecular weight is 336 g/mol. The number of thioether (sulfide) groups is 1. The third-order valence-corrected chi connectivity index (χ3v) is 5.80. The molecule has 2 nitrogen and oxygen atoms in total. The molecular weight excluding hydrogens is 322 g/mol. The zero-order chi connectivity index (χ0) is 15.5. The Balaban J connectivity index is 1.74. The Morgan fingerprint density at radius 1 is 1.27 bits per heavy atom. The minimum atomic E-state index is -0.501. The minimum absolute atomic E-state index is 0.114. The van der Waals surface area contributed by atoms with E-state index in [1.807, 2.05) is 30.2 Å². The zero-order valence-electron chi connectivity index (χ0n) is 11.9. The maximum absolute atomic E-state index is 13.7. The number of aryl methyl sites for hydroxylation is 1. The third-order valence-electron chi connectivity index (χ3n) is 3.21. The van der Waals surface area contributed by atoms with E-state index in [0.717, 1.165) is 21.6 Å². The average Bonchev–Trinajstić information content (AvgIpc) is 2.89. The van der Waals surface area contributed by atoms with E-state index in [-0.39, 0.29) is 11.3 Å². The molecule has 1 aromatic heterocycles.